The van der Waals surface area contributed by atoms with Crippen LogP contribution in [-0.2, 0) is 5.41 Å². The van der Waals surface area contributed by atoms with E-state index < -0.39 is 11.6 Å². The number of para-hydroxylation sites is 1. The standard InChI is InChI=1S/C28H27FN2S/c1-5-28(4,19(3)29)23-17-26-21(20-11-7-9-13-25(20)32-26)16-22(23)27-30-14-15-31(27)24-12-8-6-10-18(24)2/h6-17,19H,5H2,1-4H3/t19-,28?/m1/s1. The molecule has 5 aromatic rings. The first-order valence-corrected chi connectivity index (χ1v) is 11.9. The Morgan fingerprint density at radius 2 is 1.78 bits per heavy atom. The number of alkyl halides is 1. The van der Waals surface area contributed by atoms with Gasteiger partial charge < -0.3 is 0 Å². The lowest BCUT2D eigenvalue weighted by Gasteiger charge is -2.32. The highest BCUT2D eigenvalue weighted by molar-refractivity contribution is 7.25. The molecule has 162 valence electrons. The van der Waals surface area contributed by atoms with Crippen molar-refractivity contribution < 1.29 is 4.39 Å². The molecule has 0 aliphatic heterocycles. The molecular weight excluding hydrogens is 415 g/mol. The fourth-order valence-electron chi connectivity index (χ4n) is 4.65. The smallest absolute Gasteiger partial charge is 0.144 e. The molecule has 2 nitrogen and oxygen atoms in total. The van der Waals surface area contributed by atoms with E-state index in [1.54, 1.807) is 18.3 Å². The van der Waals surface area contributed by atoms with E-state index in [1.165, 1.54) is 25.7 Å². The van der Waals surface area contributed by atoms with E-state index >= 15 is 4.39 Å². The van der Waals surface area contributed by atoms with Gasteiger partial charge in [0.1, 0.15) is 12.0 Å². The number of fused-ring (bicyclic) bond motifs is 3. The van der Waals surface area contributed by atoms with Crippen molar-refractivity contribution in [3.8, 4) is 17.1 Å². The summed E-state index contributed by atoms with van der Waals surface area (Å²) in [6, 6.07) is 21.2. The van der Waals surface area contributed by atoms with Crippen LogP contribution in [-0.4, -0.2) is 15.7 Å². The molecule has 3 aromatic carbocycles. The third-order valence-corrected chi connectivity index (χ3v) is 8.13. The Morgan fingerprint density at radius 3 is 2.53 bits per heavy atom. The molecule has 0 saturated carbocycles. The zero-order valence-electron chi connectivity index (χ0n) is 18.9. The van der Waals surface area contributed by atoms with Crippen LogP contribution in [0, 0.1) is 6.92 Å². The lowest BCUT2D eigenvalue weighted by Crippen LogP contribution is -2.31. The Labute approximate surface area is 192 Å². The van der Waals surface area contributed by atoms with Gasteiger partial charge in [0.2, 0.25) is 0 Å². The Morgan fingerprint density at radius 1 is 1.03 bits per heavy atom. The second-order valence-electron chi connectivity index (χ2n) is 8.79. The molecule has 0 N–H and O–H groups in total. The molecule has 0 bridgehead atoms. The summed E-state index contributed by atoms with van der Waals surface area (Å²) in [4.78, 5) is 4.79. The fourth-order valence-corrected chi connectivity index (χ4v) is 5.77. The van der Waals surface area contributed by atoms with Crippen LogP contribution in [0.3, 0.4) is 0 Å². The minimum atomic E-state index is -0.986. The van der Waals surface area contributed by atoms with Gasteiger partial charge in [-0.1, -0.05) is 50.2 Å². The van der Waals surface area contributed by atoms with Crippen LogP contribution >= 0.6 is 11.3 Å². The van der Waals surface area contributed by atoms with Gasteiger partial charge in [-0.25, -0.2) is 9.37 Å². The van der Waals surface area contributed by atoms with E-state index in [4.69, 9.17) is 4.98 Å². The maximum Gasteiger partial charge on any atom is 0.144 e. The highest BCUT2D eigenvalue weighted by atomic mass is 32.1. The molecule has 2 heterocycles. The SMILES string of the molecule is CCC(C)(c1cc2sc3ccccc3c2cc1-c1nccn1-c1ccccc1C)[C@@H](C)F. The Kier molecular flexibility index (Phi) is 5.13. The molecule has 0 spiro atoms. The van der Waals surface area contributed by atoms with Crippen molar-refractivity contribution in [1.29, 1.82) is 0 Å². The average molecular weight is 443 g/mol. The topological polar surface area (TPSA) is 17.8 Å². The maximum absolute atomic E-state index is 15.1. The fraction of sp³-hybridized carbons (Fsp3) is 0.250. The number of benzene rings is 3. The van der Waals surface area contributed by atoms with Gasteiger partial charge in [-0.05, 0) is 55.7 Å². The van der Waals surface area contributed by atoms with Crippen molar-refractivity contribution in [3.63, 3.8) is 0 Å². The summed E-state index contributed by atoms with van der Waals surface area (Å²) in [7, 11) is 0. The molecule has 4 heteroatoms. The normalized spacial score (nSPS) is 14.7. The molecular formula is C28H27FN2S. The highest BCUT2D eigenvalue weighted by Gasteiger charge is 2.35. The molecule has 0 radical (unpaired) electrons. The molecule has 2 aromatic heterocycles. The van der Waals surface area contributed by atoms with Crippen LogP contribution in [0.1, 0.15) is 38.3 Å². The summed E-state index contributed by atoms with van der Waals surface area (Å²) in [5, 5.41) is 2.44. The number of aromatic nitrogens is 2. The number of imidazole rings is 1. The summed E-state index contributed by atoms with van der Waals surface area (Å²) in [5.41, 5.74) is 3.68. The van der Waals surface area contributed by atoms with Gasteiger partial charge in [-0.2, -0.15) is 0 Å². The van der Waals surface area contributed by atoms with E-state index in [-0.39, 0.29) is 0 Å². The Balaban J connectivity index is 1.86. The summed E-state index contributed by atoms with van der Waals surface area (Å²) in [6.45, 7) is 7.89. The van der Waals surface area contributed by atoms with Crippen LogP contribution in [0.5, 0.6) is 0 Å². The van der Waals surface area contributed by atoms with Crippen molar-refractivity contribution >= 4 is 31.5 Å². The number of nitrogens with zero attached hydrogens (tertiary/aromatic N) is 2. The van der Waals surface area contributed by atoms with E-state index in [2.05, 4.69) is 66.9 Å². The first kappa shape index (κ1) is 20.9. The van der Waals surface area contributed by atoms with Gasteiger partial charge in [0.25, 0.3) is 0 Å². The summed E-state index contributed by atoms with van der Waals surface area (Å²) in [5.74, 6) is 0.854. The highest BCUT2D eigenvalue weighted by Crippen LogP contribution is 2.44. The predicted octanol–water partition coefficient (Wildman–Crippen LogP) is 8.24. The second kappa shape index (κ2) is 7.86. The molecule has 2 atom stereocenters. The molecule has 1 unspecified atom stereocenters. The molecule has 0 saturated heterocycles. The van der Waals surface area contributed by atoms with Gasteiger partial charge in [-0.15, -0.1) is 11.3 Å². The minimum Gasteiger partial charge on any atom is -0.300 e. The number of aryl methyl sites for hydroxylation is 1. The predicted molar refractivity (Wildman–Crippen MR) is 135 cm³/mol. The third kappa shape index (κ3) is 3.17. The number of rotatable bonds is 5. The number of halogens is 1. The monoisotopic (exact) mass is 442 g/mol. The zero-order chi connectivity index (χ0) is 22.5. The molecule has 0 aliphatic rings. The lowest BCUT2D eigenvalue weighted by atomic mass is 9.74. The maximum atomic E-state index is 15.1. The third-order valence-electron chi connectivity index (χ3n) is 7.00. The minimum absolute atomic E-state index is 0.609. The van der Waals surface area contributed by atoms with Crippen molar-refractivity contribution in [3.05, 3.63) is 84.2 Å². The zero-order valence-corrected chi connectivity index (χ0v) is 19.7. The quantitative estimate of drug-likeness (QED) is 0.268. The Bertz CT molecular complexity index is 1430. The molecule has 5 rings (SSSR count). The van der Waals surface area contributed by atoms with Crippen LogP contribution in [0.2, 0.25) is 0 Å². The van der Waals surface area contributed by atoms with E-state index in [0.717, 1.165) is 22.6 Å². The van der Waals surface area contributed by atoms with Crippen molar-refractivity contribution in [2.45, 2.75) is 45.7 Å². The van der Waals surface area contributed by atoms with Crippen molar-refractivity contribution in [2.75, 3.05) is 0 Å². The number of hydrogen-bond donors (Lipinski definition) is 0. The van der Waals surface area contributed by atoms with Crippen LogP contribution < -0.4 is 0 Å². The Hall–Kier alpha value is -2.98. The van der Waals surface area contributed by atoms with Gasteiger partial charge in [0.15, 0.2) is 0 Å². The first-order chi connectivity index (χ1) is 15.4. The summed E-state index contributed by atoms with van der Waals surface area (Å²) >= 11 is 1.77. The van der Waals surface area contributed by atoms with Gasteiger partial charge in [0, 0.05) is 49.2 Å². The molecule has 0 amide bonds. The van der Waals surface area contributed by atoms with Crippen LogP contribution in [0.4, 0.5) is 4.39 Å². The first-order valence-electron chi connectivity index (χ1n) is 11.1. The average Bonchev–Trinajstić information content (AvgIpc) is 3.42. The lowest BCUT2D eigenvalue weighted by molar-refractivity contribution is 0.214. The van der Waals surface area contributed by atoms with E-state index in [1.807, 2.05) is 31.5 Å². The summed E-state index contributed by atoms with van der Waals surface area (Å²) in [6.07, 6.45) is 3.56. The number of hydrogen-bond acceptors (Lipinski definition) is 2. The van der Waals surface area contributed by atoms with Crippen LogP contribution in [0.25, 0.3) is 37.2 Å². The second-order valence-corrected chi connectivity index (χ2v) is 9.87. The van der Waals surface area contributed by atoms with Gasteiger partial charge in [0.05, 0.1) is 0 Å². The number of thiophene rings is 1. The van der Waals surface area contributed by atoms with E-state index in [0.29, 0.717) is 6.42 Å². The van der Waals surface area contributed by atoms with Crippen molar-refractivity contribution in [1.82, 2.24) is 9.55 Å². The van der Waals surface area contributed by atoms with Crippen molar-refractivity contribution in [2.24, 2.45) is 0 Å². The molecule has 32 heavy (non-hydrogen) atoms. The van der Waals surface area contributed by atoms with Crippen LogP contribution in [0.15, 0.2) is 73.1 Å². The summed E-state index contributed by atoms with van der Waals surface area (Å²) < 4.78 is 19.7. The molecule has 0 aliphatic carbocycles. The van der Waals surface area contributed by atoms with Gasteiger partial charge in [-0.3, -0.25) is 4.57 Å². The largest absolute Gasteiger partial charge is 0.300 e. The van der Waals surface area contributed by atoms with E-state index in [9.17, 15) is 0 Å². The molecule has 0 fully saturated rings. The van der Waals surface area contributed by atoms with Gasteiger partial charge >= 0.3 is 0 Å².